The van der Waals surface area contributed by atoms with Crippen LogP contribution in [-0.4, -0.2) is 69.9 Å². The van der Waals surface area contributed by atoms with Crippen molar-refractivity contribution in [1.82, 2.24) is 25.0 Å². The van der Waals surface area contributed by atoms with Crippen LogP contribution in [0.15, 0.2) is 35.3 Å². The number of nitrogens with one attached hydrogen (secondary N) is 1. The van der Waals surface area contributed by atoms with E-state index in [4.69, 9.17) is 4.99 Å². The van der Waals surface area contributed by atoms with E-state index in [-0.39, 0.29) is 24.0 Å². The number of benzene rings is 1. The summed E-state index contributed by atoms with van der Waals surface area (Å²) in [6.45, 7) is 8.77. The number of hydrogen-bond acceptors (Lipinski definition) is 5. The normalized spacial score (nSPS) is 16.7. The molecule has 2 aromatic rings. The molecule has 7 nitrogen and oxygen atoms in total. The fraction of sp³-hybridized carbons (Fsp3) is 0.591. The highest BCUT2D eigenvalue weighted by atomic mass is 127. The number of aliphatic imine (C=N–C) groups is 1. The van der Waals surface area contributed by atoms with E-state index in [1.54, 1.807) is 0 Å². The average Bonchev–Trinajstić information content (AvgIpc) is 3.11. The lowest BCUT2D eigenvalue weighted by Crippen LogP contribution is -2.48. The van der Waals surface area contributed by atoms with Gasteiger partial charge >= 0.3 is 0 Å². The molecule has 3 rings (SSSR count). The van der Waals surface area contributed by atoms with Gasteiger partial charge in [0.2, 0.25) is 0 Å². The van der Waals surface area contributed by atoms with Gasteiger partial charge in [-0.3, -0.25) is 0 Å². The molecule has 0 aliphatic carbocycles. The van der Waals surface area contributed by atoms with E-state index in [2.05, 4.69) is 81.4 Å². The van der Waals surface area contributed by atoms with E-state index in [1.165, 1.54) is 12.1 Å². The van der Waals surface area contributed by atoms with Gasteiger partial charge in [0.25, 0.3) is 0 Å². The van der Waals surface area contributed by atoms with Crippen molar-refractivity contribution < 1.29 is 0 Å². The number of aromatic nitrogens is 3. The van der Waals surface area contributed by atoms with Gasteiger partial charge in [0.15, 0.2) is 11.8 Å². The second-order valence-electron chi connectivity index (χ2n) is 7.75. The van der Waals surface area contributed by atoms with Crippen LogP contribution in [0.1, 0.15) is 31.4 Å². The lowest BCUT2D eigenvalue weighted by atomic mass is 10.3. The van der Waals surface area contributed by atoms with E-state index in [1.807, 2.05) is 18.5 Å². The summed E-state index contributed by atoms with van der Waals surface area (Å²) in [4.78, 5) is 9.63. The number of halogens is 1. The van der Waals surface area contributed by atoms with E-state index in [0.717, 1.165) is 56.0 Å². The molecular weight excluding hydrogens is 521 g/mol. The highest BCUT2D eigenvalue weighted by Gasteiger charge is 2.21. The molecule has 1 aliphatic rings. The van der Waals surface area contributed by atoms with Crippen molar-refractivity contribution in [3.05, 3.63) is 42.0 Å². The third-order valence-corrected chi connectivity index (χ3v) is 6.97. The maximum absolute atomic E-state index is 4.92. The maximum atomic E-state index is 4.92. The van der Waals surface area contributed by atoms with Crippen LogP contribution in [0.5, 0.6) is 0 Å². The van der Waals surface area contributed by atoms with Crippen molar-refractivity contribution in [1.29, 1.82) is 0 Å². The fourth-order valence-electron chi connectivity index (χ4n) is 3.49. The van der Waals surface area contributed by atoms with Crippen molar-refractivity contribution in [2.45, 2.75) is 38.5 Å². The molecule has 1 aromatic carbocycles. The Morgan fingerprint density at radius 2 is 2.06 bits per heavy atom. The Labute approximate surface area is 208 Å². The predicted molar refractivity (Wildman–Crippen MR) is 143 cm³/mol. The van der Waals surface area contributed by atoms with E-state index >= 15 is 0 Å². The minimum atomic E-state index is 0. The molecule has 1 fully saturated rings. The van der Waals surface area contributed by atoms with Gasteiger partial charge in [-0.2, -0.15) is 11.8 Å². The first-order valence-corrected chi connectivity index (χ1v) is 11.9. The minimum absolute atomic E-state index is 0. The zero-order chi connectivity index (χ0) is 21.3. The third-order valence-electron chi connectivity index (χ3n) is 5.60. The summed E-state index contributed by atoms with van der Waals surface area (Å²) in [6, 6.07) is 10.5. The highest BCUT2D eigenvalue weighted by Crippen LogP contribution is 2.21. The van der Waals surface area contributed by atoms with Gasteiger partial charge in [-0.1, -0.05) is 25.1 Å². The van der Waals surface area contributed by atoms with Gasteiger partial charge < -0.3 is 19.7 Å². The summed E-state index contributed by atoms with van der Waals surface area (Å²) in [5, 5.41) is 12.7. The van der Waals surface area contributed by atoms with Gasteiger partial charge in [0, 0.05) is 57.0 Å². The molecule has 172 valence electrons. The molecule has 0 spiro atoms. The second kappa shape index (κ2) is 13.1. The predicted octanol–water partition coefficient (Wildman–Crippen LogP) is 3.54. The van der Waals surface area contributed by atoms with Gasteiger partial charge in [0.1, 0.15) is 12.4 Å². The second-order valence-corrected chi connectivity index (χ2v) is 9.16. The highest BCUT2D eigenvalue weighted by molar-refractivity contribution is 14.0. The van der Waals surface area contributed by atoms with Crippen molar-refractivity contribution in [3.8, 4) is 0 Å². The molecule has 0 radical (unpaired) electrons. The van der Waals surface area contributed by atoms with Crippen LogP contribution >= 0.6 is 35.7 Å². The van der Waals surface area contributed by atoms with Gasteiger partial charge in [-0.15, -0.1) is 34.2 Å². The Bertz CT molecular complexity index is 811. The Morgan fingerprint density at radius 3 is 2.74 bits per heavy atom. The van der Waals surface area contributed by atoms with Crippen molar-refractivity contribution in [3.63, 3.8) is 0 Å². The maximum Gasteiger partial charge on any atom is 0.194 e. The Kier molecular flexibility index (Phi) is 10.9. The van der Waals surface area contributed by atoms with Crippen LogP contribution in [0.25, 0.3) is 0 Å². The van der Waals surface area contributed by atoms with Crippen LogP contribution < -0.4 is 10.2 Å². The van der Waals surface area contributed by atoms with Crippen molar-refractivity contribution in [2.75, 3.05) is 43.9 Å². The molecule has 1 aromatic heterocycles. The third kappa shape index (κ3) is 7.55. The monoisotopic (exact) mass is 557 g/mol. The van der Waals surface area contributed by atoms with Gasteiger partial charge in [-0.05, 0) is 31.9 Å². The topological polar surface area (TPSA) is 61.6 Å². The number of nitrogens with zero attached hydrogens (tertiary/aromatic N) is 6. The standard InChI is InChI=1S/C22H35N7S.HI/c1-5-20-17-29(14-15-30-20)22(24-16-21-26-25-18(2)28(21)4)23-12-9-13-27(3)19-10-7-6-8-11-19;/h6-8,10-11,20H,5,9,12-17H2,1-4H3,(H,23,24);1H. The molecule has 1 aliphatic heterocycles. The summed E-state index contributed by atoms with van der Waals surface area (Å²) in [6.07, 6.45) is 2.24. The molecule has 9 heteroatoms. The molecule has 2 heterocycles. The van der Waals surface area contributed by atoms with E-state index in [9.17, 15) is 0 Å². The van der Waals surface area contributed by atoms with E-state index in [0.29, 0.717) is 11.8 Å². The lowest BCUT2D eigenvalue weighted by Gasteiger charge is -2.34. The Morgan fingerprint density at radius 1 is 1.29 bits per heavy atom. The van der Waals surface area contributed by atoms with Crippen LogP contribution in [0.3, 0.4) is 0 Å². The number of anilines is 1. The lowest BCUT2D eigenvalue weighted by molar-refractivity contribution is 0.406. The summed E-state index contributed by atoms with van der Waals surface area (Å²) >= 11 is 2.08. The fourth-order valence-corrected chi connectivity index (χ4v) is 4.67. The zero-order valence-corrected chi connectivity index (χ0v) is 22.3. The Hall–Kier alpha value is -1.49. The first-order valence-electron chi connectivity index (χ1n) is 10.8. The molecule has 1 N–H and O–H groups in total. The largest absolute Gasteiger partial charge is 0.375 e. The summed E-state index contributed by atoms with van der Waals surface area (Å²) < 4.78 is 2.01. The number of thioether (sulfide) groups is 1. The van der Waals surface area contributed by atoms with E-state index < -0.39 is 0 Å². The summed E-state index contributed by atoms with van der Waals surface area (Å²) in [5.41, 5.74) is 1.25. The molecule has 1 saturated heterocycles. The molecule has 0 saturated carbocycles. The molecule has 1 unspecified atom stereocenters. The smallest absolute Gasteiger partial charge is 0.194 e. The zero-order valence-electron chi connectivity index (χ0n) is 19.1. The molecule has 31 heavy (non-hydrogen) atoms. The number of hydrogen-bond donors (Lipinski definition) is 1. The first-order chi connectivity index (χ1) is 14.6. The minimum Gasteiger partial charge on any atom is -0.375 e. The molecule has 0 bridgehead atoms. The quantitative estimate of drug-likeness (QED) is 0.232. The molecular formula is C22H36IN7S. The van der Waals surface area contributed by atoms with Gasteiger partial charge in [-0.25, -0.2) is 4.99 Å². The summed E-state index contributed by atoms with van der Waals surface area (Å²) in [7, 11) is 4.14. The molecule has 1 atom stereocenters. The van der Waals surface area contributed by atoms with Gasteiger partial charge in [0.05, 0.1) is 0 Å². The van der Waals surface area contributed by atoms with Crippen LogP contribution in [0.2, 0.25) is 0 Å². The summed E-state index contributed by atoms with van der Waals surface area (Å²) in [5.74, 6) is 3.96. The number of rotatable bonds is 8. The first kappa shape index (κ1) is 25.8. The number of aryl methyl sites for hydroxylation is 1. The Balaban J connectivity index is 0.00000341. The number of guanidine groups is 1. The molecule has 0 amide bonds. The van der Waals surface area contributed by atoms with Crippen LogP contribution in [-0.2, 0) is 13.6 Å². The van der Waals surface area contributed by atoms with Crippen LogP contribution in [0.4, 0.5) is 5.69 Å². The number of para-hydroxylation sites is 1. The van der Waals surface area contributed by atoms with Crippen molar-refractivity contribution in [2.24, 2.45) is 12.0 Å². The SMILES string of the molecule is CCC1CN(C(=NCc2nnc(C)n2C)NCCCN(C)c2ccccc2)CCS1.I. The van der Waals surface area contributed by atoms with Crippen LogP contribution in [0, 0.1) is 6.92 Å². The van der Waals surface area contributed by atoms with Crippen molar-refractivity contribution >= 4 is 47.4 Å². The average molecular weight is 558 g/mol.